The molecule has 10 nitrogen and oxygen atoms in total. The summed E-state index contributed by atoms with van der Waals surface area (Å²) in [5, 5.41) is 15.1. The lowest BCUT2D eigenvalue weighted by Gasteiger charge is -2.21. The van der Waals surface area contributed by atoms with E-state index in [0.717, 1.165) is 5.56 Å². The Morgan fingerprint density at radius 1 is 0.971 bits per heavy atom. The van der Waals surface area contributed by atoms with Gasteiger partial charge in [-0.3, -0.25) is 4.79 Å². The molecule has 0 saturated carbocycles. The number of hydrogen-bond donors (Lipinski definition) is 3. The third-order valence-corrected chi connectivity index (χ3v) is 5.03. The van der Waals surface area contributed by atoms with Gasteiger partial charge < -0.3 is 39.4 Å². The second-order valence-electron chi connectivity index (χ2n) is 7.91. The van der Waals surface area contributed by atoms with Crippen LogP contribution in [0.5, 0.6) is 23.0 Å². The van der Waals surface area contributed by atoms with Gasteiger partial charge >= 0.3 is 6.09 Å². The van der Waals surface area contributed by atoms with E-state index in [-0.39, 0.29) is 37.5 Å². The maximum absolute atomic E-state index is 12.7. The Kier molecular flexibility index (Phi) is 11.0. The van der Waals surface area contributed by atoms with Gasteiger partial charge in [-0.1, -0.05) is 26.0 Å². The molecular weight excluding hydrogens is 456 g/mol. The van der Waals surface area contributed by atoms with E-state index in [1.54, 1.807) is 30.3 Å². The summed E-state index contributed by atoms with van der Waals surface area (Å²) < 4.78 is 26.4. The van der Waals surface area contributed by atoms with Crippen molar-refractivity contribution in [1.29, 1.82) is 0 Å². The highest BCUT2D eigenvalue weighted by Gasteiger charge is 2.25. The Bertz CT molecular complexity index is 980. The molecule has 3 N–H and O–H groups in total. The highest BCUT2D eigenvalue weighted by atomic mass is 16.7. The van der Waals surface area contributed by atoms with Gasteiger partial charge in [-0.15, -0.1) is 0 Å². The van der Waals surface area contributed by atoms with E-state index in [0.29, 0.717) is 29.4 Å². The number of carbonyl (C=O) groups excluding carboxylic acids is 2. The molecule has 0 spiro atoms. The summed E-state index contributed by atoms with van der Waals surface area (Å²) in [6.45, 7) is 6.32. The van der Waals surface area contributed by atoms with E-state index < -0.39 is 12.1 Å². The number of nitrogens with one attached hydrogen (secondary N) is 2. The van der Waals surface area contributed by atoms with Crippen LogP contribution < -0.4 is 24.8 Å². The molecule has 2 rings (SSSR count). The Morgan fingerprint density at radius 3 is 2.31 bits per heavy atom. The molecule has 0 aromatic heterocycles. The van der Waals surface area contributed by atoms with Crippen LogP contribution in [0.25, 0.3) is 0 Å². The van der Waals surface area contributed by atoms with Crippen LogP contribution >= 0.6 is 0 Å². The number of phenols is 1. The van der Waals surface area contributed by atoms with Crippen LogP contribution in [0.2, 0.25) is 0 Å². The van der Waals surface area contributed by atoms with Crippen LogP contribution in [0, 0.1) is 5.92 Å². The molecule has 0 aliphatic heterocycles. The van der Waals surface area contributed by atoms with Crippen molar-refractivity contribution in [3.05, 3.63) is 47.5 Å². The Balaban J connectivity index is 1.91. The average Bonchev–Trinajstić information content (AvgIpc) is 2.85. The van der Waals surface area contributed by atoms with E-state index in [1.807, 2.05) is 20.8 Å². The lowest BCUT2D eigenvalue weighted by atomic mass is 10.0. The average molecular weight is 491 g/mol. The van der Waals surface area contributed by atoms with E-state index in [1.165, 1.54) is 20.3 Å². The zero-order valence-electron chi connectivity index (χ0n) is 20.8. The molecular formula is C25H34N2O8. The number of carbonyl (C=O) groups is 2. The largest absolute Gasteiger partial charge is 0.504 e. The van der Waals surface area contributed by atoms with Crippen LogP contribution in [0.3, 0.4) is 0 Å². The van der Waals surface area contributed by atoms with Gasteiger partial charge in [-0.2, -0.15) is 0 Å². The van der Waals surface area contributed by atoms with Crippen LogP contribution in [0.15, 0.2) is 36.4 Å². The molecule has 1 atom stereocenters. The van der Waals surface area contributed by atoms with Gasteiger partial charge in [0, 0.05) is 13.2 Å². The summed E-state index contributed by atoms with van der Waals surface area (Å²) in [4.78, 5) is 25.1. The molecule has 2 amide bonds. The fraction of sp³-hybridized carbons (Fsp3) is 0.440. The summed E-state index contributed by atoms with van der Waals surface area (Å²) in [6.07, 6.45) is -0.721. The number of amides is 2. The minimum Gasteiger partial charge on any atom is -0.504 e. The fourth-order valence-corrected chi connectivity index (χ4v) is 3.09. The molecule has 0 fully saturated rings. The van der Waals surface area contributed by atoms with Gasteiger partial charge in [0.15, 0.2) is 29.8 Å². The van der Waals surface area contributed by atoms with E-state index in [4.69, 9.17) is 23.7 Å². The standard InChI is InChI=1S/C25H34N2O8/c1-6-33-15-35-20-10-8-18(12-22(20)32-5)14-34-25(30)27-23(16(2)3)24(29)26-13-17-7-9-19(28)21(11-17)31-4/h7-12,16,23,28H,6,13-15H2,1-5H3,(H,26,29)(H,27,30)/t23-/m0/s1. The van der Waals surface area contributed by atoms with Crippen molar-refractivity contribution in [2.24, 2.45) is 5.92 Å². The molecule has 10 heteroatoms. The van der Waals surface area contributed by atoms with Gasteiger partial charge in [0.25, 0.3) is 0 Å². The van der Waals surface area contributed by atoms with Crippen LogP contribution in [0.1, 0.15) is 31.9 Å². The van der Waals surface area contributed by atoms with E-state index >= 15 is 0 Å². The molecule has 0 aliphatic carbocycles. The summed E-state index contributed by atoms with van der Waals surface area (Å²) in [6, 6.07) is 9.14. The maximum Gasteiger partial charge on any atom is 0.408 e. The van der Waals surface area contributed by atoms with Crippen LogP contribution in [0.4, 0.5) is 4.79 Å². The van der Waals surface area contributed by atoms with Gasteiger partial charge in [-0.05, 0) is 48.2 Å². The lowest BCUT2D eigenvalue weighted by molar-refractivity contribution is -0.124. The lowest BCUT2D eigenvalue weighted by Crippen LogP contribution is -2.49. The second kappa shape index (κ2) is 13.9. The van der Waals surface area contributed by atoms with Crippen molar-refractivity contribution >= 4 is 12.0 Å². The van der Waals surface area contributed by atoms with Gasteiger partial charge in [0.2, 0.25) is 5.91 Å². The normalized spacial score (nSPS) is 11.5. The van der Waals surface area contributed by atoms with Crippen LogP contribution in [-0.2, 0) is 27.4 Å². The molecule has 192 valence electrons. The second-order valence-corrected chi connectivity index (χ2v) is 7.91. The van der Waals surface area contributed by atoms with Gasteiger partial charge in [-0.25, -0.2) is 4.79 Å². The van der Waals surface area contributed by atoms with Crippen molar-refractivity contribution in [1.82, 2.24) is 10.6 Å². The molecule has 2 aromatic carbocycles. The number of hydrogen-bond acceptors (Lipinski definition) is 8. The van der Waals surface area contributed by atoms with Crippen molar-refractivity contribution < 1.29 is 38.4 Å². The molecule has 0 aliphatic rings. The van der Waals surface area contributed by atoms with Crippen molar-refractivity contribution in [2.45, 2.75) is 40.0 Å². The number of alkyl carbamates (subject to hydrolysis) is 1. The Labute approximate surface area is 205 Å². The minimum atomic E-state index is -0.801. The van der Waals surface area contributed by atoms with Crippen LogP contribution in [-0.4, -0.2) is 50.8 Å². The predicted molar refractivity (Wildman–Crippen MR) is 129 cm³/mol. The minimum absolute atomic E-state index is 0.0114. The van der Waals surface area contributed by atoms with E-state index in [2.05, 4.69) is 10.6 Å². The molecule has 0 bridgehead atoms. The first-order valence-corrected chi connectivity index (χ1v) is 11.2. The van der Waals surface area contributed by atoms with Crippen molar-refractivity contribution in [3.63, 3.8) is 0 Å². The quantitative estimate of drug-likeness (QED) is 0.288. The number of aromatic hydroxyl groups is 1. The number of phenolic OH excluding ortho intramolecular Hbond substituents is 1. The smallest absolute Gasteiger partial charge is 0.408 e. The third-order valence-electron chi connectivity index (χ3n) is 5.03. The monoisotopic (exact) mass is 490 g/mol. The van der Waals surface area contributed by atoms with Crippen molar-refractivity contribution in [2.75, 3.05) is 27.6 Å². The molecule has 2 aromatic rings. The zero-order valence-corrected chi connectivity index (χ0v) is 20.8. The summed E-state index contributed by atoms with van der Waals surface area (Å²) in [5.41, 5.74) is 1.42. The Morgan fingerprint density at radius 2 is 1.66 bits per heavy atom. The molecule has 0 unspecified atom stereocenters. The maximum atomic E-state index is 12.7. The topological polar surface area (TPSA) is 125 Å². The van der Waals surface area contributed by atoms with Gasteiger partial charge in [0.1, 0.15) is 12.6 Å². The number of ether oxygens (including phenoxy) is 5. The van der Waals surface area contributed by atoms with E-state index in [9.17, 15) is 14.7 Å². The van der Waals surface area contributed by atoms with Gasteiger partial charge in [0.05, 0.1) is 14.2 Å². The van der Waals surface area contributed by atoms with Crippen molar-refractivity contribution in [3.8, 4) is 23.0 Å². The number of methoxy groups -OCH3 is 2. The first kappa shape index (κ1) is 27.6. The molecule has 35 heavy (non-hydrogen) atoms. The SMILES string of the molecule is CCOCOc1ccc(COC(=O)N[C@H](C(=O)NCc2ccc(O)c(OC)c2)C(C)C)cc1OC. The Hall–Kier alpha value is -3.66. The first-order chi connectivity index (χ1) is 16.8. The first-order valence-electron chi connectivity index (χ1n) is 11.2. The fourth-order valence-electron chi connectivity index (χ4n) is 3.09. The summed E-state index contributed by atoms with van der Waals surface area (Å²) in [5.74, 6) is 0.774. The highest BCUT2D eigenvalue weighted by molar-refractivity contribution is 5.85. The third kappa shape index (κ3) is 8.56. The molecule has 0 radical (unpaired) electrons. The molecule has 0 saturated heterocycles. The zero-order chi connectivity index (χ0) is 25.8. The predicted octanol–water partition coefficient (Wildman–Crippen LogP) is 3.35. The summed E-state index contributed by atoms with van der Waals surface area (Å²) >= 11 is 0. The summed E-state index contributed by atoms with van der Waals surface area (Å²) in [7, 11) is 2.96. The highest BCUT2D eigenvalue weighted by Crippen LogP contribution is 2.28. The number of rotatable bonds is 13. The number of benzene rings is 2. The molecule has 0 heterocycles.